The largest absolute Gasteiger partial charge is 0.497 e. The van der Waals surface area contributed by atoms with Gasteiger partial charge in [-0.15, -0.1) is 0 Å². The summed E-state index contributed by atoms with van der Waals surface area (Å²) in [6.07, 6.45) is 2.13. The number of likely N-dealkylation sites (N-methyl/N-ethyl adjacent to an activating group) is 1. The van der Waals surface area contributed by atoms with Crippen LogP contribution in [-0.2, 0) is 11.2 Å². The third-order valence-electron chi connectivity index (χ3n) is 2.72. The maximum Gasteiger partial charge on any atom is 0.118 e. The van der Waals surface area contributed by atoms with Crippen LogP contribution in [0.3, 0.4) is 0 Å². The third-order valence-corrected chi connectivity index (χ3v) is 2.72. The lowest BCUT2D eigenvalue weighted by molar-refractivity contribution is 0.166. The molecule has 1 aromatic carbocycles. The molecule has 90 valence electrons. The van der Waals surface area contributed by atoms with Crippen molar-refractivity contribution in [3.05, 3.63) is 29.8 Å². The van der Waals surface area contributed by atoms with Crippen LogP contribution in [0.15, 0.2) is 24.3 Å². The second-order valence-electron chi connectivity index (χ2n) is 3.83. The van der Waals surface area contributed by atoms with Gasteiger partial charge in [0.2, 0.25) is 0 Å². The van der Waals surface area contributed by atoms with E-state index in [0.717, 1.165) is 25.2 Å². The number of hydrogen-bond donors (Lipinski definition) is 1. The molecular formula is C13H21NO2. The Labute approximate surface area is 97.8 Å². The molecule has 0 amide bonds. The van der Waals surface area contributed by atoms with Gasteiger partial charge in [0.1, 0.15) is 5.75 Å². The molecule has 0 aliphatic heterocycles. The number of aryl methyl sites for hydroxylation is 1. The number of nitrogens with one attached hydrogen (secondary N) is 1. The zero-order valence-corrected chi connectivity index (χ0v) is 10.3. The highest BCUT2D eigenvalue weighted by molar-refractivity contribution is 5.27. The monoisotopic (exact) mass is 223 g/mol. The molecule has 0 saturated heterocycles. The first-order valence-electron chi connectivity index (χ1n) is 5.59. The van der Waals surface area contributed by atoms with Gasteiger partial charge in [0, 0.05) is 13.2 Å². The van der Waals surface area contributed by atoms with Crippen molar-refractivity contribution in [3.63, 3.8) is 0 Å². The van der Waals surface area contributed by atoms with E-state index in [2.05, 4.69) is 17.4 Å². The highest BCUT2D eigenvalue weighted by Gasteiger charge is 2.05. The summed E-state index contributed by atoms with van der Waals surface area (Å²) in [5.41, 5.74) is 1.33. The van der Waals surface area contributed by atoms with Crippen molar-refractivity contribution < 1.29 is 9.47 Å². The predicted molar refractivity (Wildman–Crippen MR) is 66.0 cm³/mol. The molecule has 0 heterocycles. The van der Waals surface area contributed by atoms with Crippen molar-refractivity contribution in [2.45, 2.75) is 18.9 Å². The number of benzene rings is 1. The Bertz CT molecular complexity index is 284. The van der Waals surface area contributed by atoms with E-state index in [9.17, 15) is 0 Å². The number of methoxy groups -OCH3 is 2. The first-order valence-corrected chi connectivity index (χ1v) is 5.59. The lowest BCUT2D eigenvalue weighted by Gasteiger charge is -2.14. The standard InChI is InChI=1S/C13H21NO2/c1-14-12(10-15-2)7-4-11-5-8-13(16-3)9-6-11/h5-6,8-9,12,14H,4,7,10H2,1-3H3. The Balaban J connectivity index is 2.40. The second-order valence-corrected chi connectivity index (χ2v) is 3.83. The zero-order chi connectivity index (χ0) is 11.8. The average Bonchev–Trinajstić information content (AvgIpc) is 2.35. The van der Waals surface area contributed by atoms with Gasteiger partial charge in [0.25, 0.3) is 0 Å². The number of rotatable bonds is 7. The van der Waals surface area contributed by atoms with E-state index < -0.39 is 0 Å². The van der Waals surface area contributed by atoms with Crippen LogP contribution >= 0.6 is 0 Å². The smallest absolute Gasteiger partial charge is 0.118 e. The molecular weight excluding hydrogens is 202 g/mol. The minimum absolute atomic E-state index is 0.423. The first kappa shape index (κ1) is 13.0. The molecule has 0 aliphatic rings. The first-order chi connectivity index (χ1) is 7.80. The van der Waals surface area contributed by atoms with Gasteiger partial charge in [-0.1, -0.05) is 12.1 Å². The molecule has 1 N–H and O–H groups in total. The van der Waals surface area contributed by atoms with E-state index in [1.807, 2.05) is 19.2 Å². The molecule has 16 heavy (non-hydrogen) atoms. The van der Waals surface area contributed by atoms with Crippen molar-refractivity contribution >= 4 is 0 Å². The summed E-state index contributed by atoms with van der Waals surface area (Å²) in [6, 6.07) is 8.64. The van der Waals surface area contributed by atoms with Crippen LogP contribution in [0.2, 0.25) is 0 Å². The Morgan fingerprint density at radius 1 is 1.19 bits per heavy atom. The summed E-state index contributed by atoms with van der Waals surface area (Å²) in [5.74, 6) is 0.908. The van der Waals surface area contributed by atoms with Gasteiger partial charge in [-0.3, -0.25) is 0 Å². The summed E-state index contributed by atoms with van der Waals surface area (Å²) in [4.78, 5) is 0. The maximum atomic E-state index is 5.14. The van der Waals surface area contributed by atoms with Gasteiger partial charge >= 0.3 is 0 Å². The highest BCUT2D eigenvalue weighted by Crippen LogP contribution is 2.13. The number of hydrogen-bond acceptors (Lipinski definition) is 3. The molecule has 0 bridgehead atoms. The third kappa shape index (κ3) is 4.21. The molecule has 1 aromatic rings. The Hall–Kier alpha value is -1.06. The van der Waals surface area contributed by atoms with Gasteiger partial charge in [0.15, 0.2) is 0 Å². The molecule has 0 radical (unpaired) electrons. The fourth-order valence-corrected chi connectivity index (χ4v) is 1.65. The molecule has 1 rings (SSSR count). The second kappa shape index (κ2) is 7.25. The van der Waals surface area contributed by atoms with E-state index in [1.54, 1.807) is 14.2 Å². The van der Waals surface area contributed by atoms with Crippen LogP contribution in [0.4, 0.5) is 0 Å². The van der Waals surface area contributed by atoms with Crippen molar-refractivity contribution in [1.29, 1.82) is 0 Å². The summed E-state index contributed by atoms with van der Waals surface area (Å²) in [6.45, 7) is 0.757. The van der Waals surface area contributed by atoms with Crippen molar-refractivity contribution in [3.8, 4) is 5.75 Å². The van der Waals surface area contributed by atoms with Crippen LogP contribution < -0.4 is 10.1 Å². The molecule has 1 unspecified atom stereocenters. The van der Waals surface area contributed by atoms with Crippen LogP contribution in [0.25, 0.3) is 0 Å². The maximum absolute atomic E-state index is 5.14. The van der Waals surface area contributed by atoms with Crippen LogP contribution in [0.1, 0.15) is 12.0 Å². The lowest BCUT2D eigenvalue weighted by atomic mass is 10.1. The summed E-state index contributed by atoms with van der Waals surface area (Å²) in [5, 5.41) is 3.25. The molecule has 3 heteroatoms. The highest BCUT2D eigenvalue weighted by atomic mass is 16.5. The predicted octanol–water partition coefficient (Wildman–Crippen LogP) is 1.86. The zero-order valence-electron chi connectivity index (χ0n) is 10.3. The van der Waals surface area contributed by atoms with Gasteiger partial charge in [-0.25, -0.2) is 0 Å². The molecule has 0 aliphatic carbocycles. The SMILES string of the molecule is CNC(CCc1ccc(OC)cc1)COC. The van der Waals surface area contributed by atoms with Crippen LogP contribution in [-0.4, -0.2) is 33.9 Å². The fraction of sp³-hybridized carbons (Fsp3) is 0.538. The van der Waals surface area contributed by atoms with Gasteiger partial charge in [-0.2, -0.15) is 0 Å². The molecule has 3 nitrogen and oxygen atoms in total. The average molecular weight is 223 g/mol. The van der Waals surface area contributed by atoms with E-state index in [1.165, 1.54) is 5.56 Å². The van der Waals surface area contributed by atoms with Gasteiger partial charge < -0.3 is 14.8 Å². The van der Waals surface area contributed by atoms with Gasteiger partial charge in [-0.05, 0) is 37.6 Å². The van der Waals surface area contributed by atoms with Crippen molar-refractivity contribution in [1.82, 2.24) is 5.32 Å². The minimum atomic E-state index is 0.423. The Morgan fingerprint density at radius 3 is 2.38 bits per heavy atom. The minimum Gasteiger partial charge on any atom is -0.497 e. The van der Waals surface area contributed by atoms with Crippen molar-refractivity contribution in [2.75, 3.05) is 27.9 Å². The summed E-state index contributed by atoms with van der Waals surface area (Å²) in [7, 11) is 5.39. The van der Waals surface area contributed by atoms with Crippen molar-refractivity contribution in [2.24, 2.45) is 0 Å². The Morgan fingerprint density at radius 2 is 1.88 bits per heavy atom. The Kier molecular flexibility index (Phi) is 5.90. The molecule has 1 atom stereocenters. The normalized spacial score (nSPS) is 12.4. The van der Waals surface area contributed by atoms with Gasteiger partial charge in [0.05, 0.1) is 13.7 Å². The van der Waals surface area contributed by atoms with E-state index in [-0.39, 0.29) is 0 Å². The van der Waals surface area contributed by atoms with E-state index >= 15 is 0 Å². The molecule has 0 saturated carbocycles. The van der Waals surface area contributed by atoms with Crippen LogP contribution in [0, 0.1) is 0 Å². The topological polar surface area (TPSA) is 30.5 Å². The van der Waals surface area contributed by atoms with E-state index in [0.29, 0.717) is 6.04 Å². The molecule has 0 fully saturated rings. The fourth-order valence-electron chi connectivity index (χ4n) is 1.65. The molecule has 0 aromatic heterocycles. The lowest BCUT2D eigenvalue weighted by Crippen LogP contribution is -2.30. The summed E-state index contributed by atoms with van der Waals surface area (Å²) < 4.78 is 10.3. The molecule has 0 spiro atoms. The quantitative estimate of drug-likeness (QED) is 0.765. The summed E-state index contributed by atoms with van der Waals surface area (Å²) >= 11 is 0. The number of ether oxygens (including phenoxy) is 2. The van der Waals surface area contributed by atoms with E-state index in [4.69, 9.17) is 9.47 Å². The van der Waals surface area contributed by atoms with Crippen LogP contribution in [0.5, 0.6) is 5.75 Å².